The zero-order valence-electron chi connectivity index (χ0n) is 9.26. The van der Waals surface area contributed by atoms with Gasteiger partial charge in [0, 0.05) is 4.47 Å². The minimum absolute atomic E-state index is 0.0349. The Morgan fingerprint density at radius 3 is 2.59 bits per heavy atom. The fraction of sp³-hybridized carbons (Fsp3) is 0.364. The fourth-order valence-corrected chi connectivity index (χ4v) is 3.73. The Balaban J connectivity index is 3.21. The van der Waals surface area contributed by atoms with E-state index < -0.39 is 21.1 Å². The van der Waals surface area contributed by atoms with Crippen LogP contribution in [0.15, 0.2) is 33.6 Å². The predicted molar refractivity (Wildman–Crippen MR) is 67.7 cm³/mol. The first-order valence-electron chi connectivity index (χ1n) is 5.12. The van der Waals surface area contributed by atoms with Crippen molar-refractivity contribution in [1.82, 2.24) is 0 Å². The summed E-state index contributed by atoms with van der Waals surface area (Å²) >= 11 is 3.17. The van der Waals surface area contributed by atoms with Crippen molar-refractivity contribution in [2.75, 3.05) is 0 Å². The summed E-state index contributed by atoms with van der Waals surface area (Å²) in [5.74, 6) is -1.30. The van der Waals surface area contributed by atoms with Gasteiger partial charge >= 0.3 is 5.97 Å². The van der Waals surface area contributed by atoms with Gasteiger partial charge in [-0.15, -0.1) is 0 Å². The van der Waals surface area contributed by atoms with E-state index in [1.165, 1.54) is 12.1 Å². The molecule has 0 aromatic heterocycles. The summed E-state index contributed by atoms with van der Waals surface area (Å²) in [6, 6.07) is 6.09. The molecule has 0 fully saturated rings. The van der Waals surface area contributed by atoms with Crippen LogP contribution in [0.4, 0.5) is 0 Å². The highest BCUT2D eigenvalue weighted by molar-refractivity contribution is 9.10. The SMILES string of the molecule is CCCC(C(=O)O)S(=O)(=O)c1cccc(Br)c1. The summed E-state index contributed by atoms with van der Waals surface area (Å²) in [6.45, 7) is 1.76. The van der Waals surface area contributed by atoms with Crippen molar-refractivity contribution in [3.63, 3.8) is 0 Å². The van der Waals surface area contributed by atoms with Crippen LogP contribution in [0.25, 0.3) is 0 Å². The Labute approximate surface area is 109 Å². The molecule has 0 spiro atoms. The third kappa shape index (κ3) is 3.29. The van der Waals surface area contributed by atoms with Gasteiger partial charge in [0.25, 0.3) is 0 Å². The minimum atomic E-state index is -3.81. The van der Waals surface area contributed by atoms with Gasteiger partial charge in [-0.25, -0.2) is 8.42 Å². The van der Waals surface area contributed by atoms with Crippen molar-refractivity contribution in [3.8, 4) is 0 Å². The van der Waals surface area contributed by atoms with Crippen LogP contribution >= 0.6 is 15.9 Å². The lowest BCUT2D eigenvalue weighted by Crippen LogP contribution is -2.30. The van der Waals surface area contributed by atoms with Gasteiger partial charge in [0.15, 0.2) is 15.1 Å². The highest BCUT2D eigenvalue weighted by Crippen LogP contribution is 2.22. The lowest BCUT2D eigenvalue weighted by molar-refractivity contribution is -0.136. The molecule has 1 rings (SSSR count). The van der Waals surface area contributed by atoms with Crippen LogP contribution in [0.5, 0.6) is 0 Å². The number of aliphatic carboxylic acids is 1. The molecule has 0 aliphatic carbocycles. The van der Waals surface area contributed by atoms with E-state index in [-0.39, 0.29) is 11.3 Å². The maximum Gasteiger partial charge on any atom is 0.322 e. The lowest BCUT2D eigenvalue weighted by atomic mass is 10.2. The average Bonchev–Trinajstić information content (AvgIpc) is 2.25. The molecule has 0 aliphatic rings. The number of hydrogen-bond donors (Lipinski definition) is 1. The molecule has 17 heavy (non-hydrogen) atoms. The number of sulfone groups is 1. The van der Waals surface area contributed by atoms with Gasteiger partial charge in [-0.2, -0.15) is 0 Å². The van der Waals surface area contributed by atoms with Crippen LogP contribution in [0.2, 0.25) is 0 Å². The molecule has 6 heteroatoms. The zero-order valence-corrected chi connectivity index (χ0v) is 11.7. The van der Waals surface area contributed by atoms with Crippen LogP contribution in [-0.2, 0) is 14.6 Å². The van der Waals surface area contributed by atoms with Crippen molar-refractivity contribution in [2.24, 2.45) is 0 Å². The number of halogens is 1. The molecular formula is C11H13BrO4S. The molecule has 0 bridgehead atoms. The molecule has 0 amide bonds. The molecular weight excluding hydrogens is 308 g/mol. The molecule has 1 aromatic rings. The molecule has 0 saturated heterocycles. The van der Waals surface area contributed by atoms with E-state index in [4.69, 9.17) is 5.11 Å². The topological polar surface area (TPSA) is 71.4 Å². The van der Waals surface area contributed by atoms with E-state index in [1.807, 2.05) is 0 Å². The van der Waals surface area contributed by atoms with Gasteiger partial charge in [0.2, 0.25) is 0 Å². The summed E-state index contributed by atoms with van der Waals surface area (Å²) < 4.78 is 24.8. The van der Waals surface area contributed by atoms with Gasteiger partial charge in [-0.3, -0.25) is 4.79 Å². The second-order valence-electron chi connectivity index (χ2n) is 3.62. The molecule has 0 saturated carbocycles. The fourth-order valence-electron chi connectivity index (χ4n) is 1.48. The largest absolute Gasteiger partial charge is 0.480 e. The van der Waals surface area contributed by atoms with E-state index in [0.717, 1.165) is 0 Å². The number of hydrogen-bond acceptors (Lipinski definition) is 3. The Morgan fingerprint density at radius 1 is 1.47 bits per heavy atom. The smallest absolute Gasteiger partial charge is 0.322 e. The normalized spacial score (nSPS) is 13.3. The van der Waals surface area contributed by atoms with Crippen molar-refractivity contribution < 1.29 is 18.3 Å². The first-order chi connectivity index (χ1) is 7.89. The maximum atomic E-state index is 12.1. The highest BCUT2D eigenvalue weighted by atomic mass is 79.9. The summed E-state index contributed by atoms with van der Waals surface area (Å²) in [5.41, 5.74) is 0. The number of rotatable bonds is 5. The van der Waals surface area contributed by atoms with Gasteiger partial charge in [-0.05, 0) is 24.6 Å². The monoisotopic (exact) mass is 320 g/mol. The Morgan fingerprint density at radius 2 is 2.12 bits per heavy atom. The van der Waals surface area contributed by atoms with E-state index in [0.29, 0.717) is 10.9 Å². The number of benzene rings is 1. The van der Waals surface area contributed by atoms with Crippen molar-refractivity contribution in [2.45, 2.75) is 29.9 Å². The van der Waals surface area contributed by atoms with E-state index >= 15 is 0 Å². The van der Waals surface area contributed by atoms with Gasteiger partial charge in [0.05, 0.1) is 4.90 Å². The summed E-state index contributed by atoms with van der Waals surface area (Å²) in [6.07, 6.45) is 0.619. The molecule has 1 N–H and O–H groups in total. The maximum absolute atomic E-state index is 12.1. The zero-order chi connectivity index (χ0) is 13.1. The Kier molecular flexibility index (Phi) is 4.70. The molecule has 0 radical (unpaired) electrons. The summed E-state index contributed by atoms with van der Waals surface area (Å²) in [4.78, 5) is 11.0. The first kappa shape index (κ1) is 14.2. The number of carboxylic acid groups (broad SMARTS) is 1. The second kappa shape index (κ2) is 5.64. The van der Waals surface area contributed by atoms with Crippen molar-refractivity contribution in [3.05, 3.63) is 28.7 Å². The van der Waals surface area contributed by atoms with Crippen LogP contribution < -0.4 is 0 Å². The minimum Gasteiger partial charge on any atom is -0.480 e. The Bertz CT molecular complexity index is 510. The molecule has 0 aliphatic heterocycles. The summed E-state index contributed by atoms with van der Waals surface area (Å²) in [7, 11) is -3.81. The van der Waals surface area contributed by atoms with E-state index in [2.05, 4.69) is 15.9 Å². The molecule has 1 unspecified atom stereocenters. The number of carbonyl (C=O) groups is 1. The van der Waals surface area contributed by atoms with Gasteiger partial charge < -0.3 is 5.11 Å². The second-order valence-corrected chi connectivity index (χ2v) is 6.66. The third-order valence-corrected chi connectivity index (χ3v) is 4.92. The standard InChI is InChI=1S/C11H13BrO4S/c1-2-4-10(11(13)14)17(15,16)9-6-3-5-8(12)7-9/h3,5-7,10H,2,4H2,1H3,(H,13,14). The van der Waals surface area contributed by atoms with Gasteiger partial charge in [-0.1, -0.05) is 35.3 Å². The van der Waals surface area contributed by atoms with E-state index in [1.54, 1.807) is 19.1 Å². The predicted octanol–water partition coefficient (Wildman–Crippen LogP) is 2.48. The van der Waals surface area contributed by atoms with Crippen LogP contribution in [0.1, 0.15) is 19.8 Å². The van der Waals surface area contributed by atoms with E-state index in [9.17, 15) is 13.2 Å². The summed E-state index contributed by atoms with van der Waals surface area (Å²) in [5, 5.41) is 7.61. The lowest BCUT2D eigenvalue weighted by Gasteiger charge is -2.12. The molecule has 0 heterocycles. The average molecular weight is 321 g/mol. The van der Waals surface area contributed by atoms with Crippen LogP contribution in [0, 0.1) is 0 Å². The Hall–Kier alpha value is -0.880. The van der Waals surface area contributed by atoms with Crippen molar-refractivity contribution >= 4 is 31.7 Å². The molecule has 4 nitrogen and oxygen atoms in total. The highest BCUT2D eigenvalue weighted by Gasteiger charge is 2.33. The first-order valence-corrected chi connectivity index (χ1v) is 7.45. The molecule has 1 atom stereocenters. The molecule has 94 valence electrons. The molecule has 1 aromatic carbocycles. The number of carboxylic acids is 1. The quantitative estimate of drug-likeness (QED) is 0.904. The van der Waals surface area contributed by atoms with Crippen LogP contribution in [-0.4, -0.2) is 24.7 Å². The third-order valence-electron chi connectivity index (χ3n) is 2.33. The van der Waals surface area contributed by atoms with Crippen molar-refractivity contribution in [1.29, 1.82) is 0 Å². The van der Waals surface area contributed by atoms with Gasteiger partial charge in [0.1, 0.15) is 0 Å². The van der Waals surface area contributed by atoms with Crippen LogP contribution in [0.3, 0.4) is 0 Å².